The summed E-state index contributed by atoms with van der Waals surface area (Å²) in [5.41, 5.74) is 1.07. The van der Waals surface area contributed by atoms with Crippen molar-refractivity contribution >= 4 is 49.4 Å². The number of fused-ring (bicyclic) bond motifs is 1. The van der Waals surface area contributed by atoms with Crippen LogP contribution in [0.25, 0.3) is 10.2 Å². The van der Waals surface area contributed by atoms with Gasteiger partial charge in [0.15, 0.2) is 16.3 Å². The highest BCUT2D eigenvalue weighted by molar-refractivity contribution is 9.10. The molecule has 0 saturated carbocycles. The summed E-state index contributed by atoms with van der Waals surface area (Å²) in [4.78, 5) is 30.2. The molecule has 1 aromatic heterocycles. The van der Waals surface area contributed by atoms with Crippen LogP contribution in [0.2, 0.25) is 0 Å². The molecular formula is C24H27BrN2O6S. The van der Waals surface area contributed by atoms with Crippen LogP contribution in [0.1, 0.15) is 38.1 Å². The maximum absolute atomic E-state index is 13.3. The second kappa shape index (κ2) is 12.0. The number of esters is 1. The zero-order valence-electron chi connectivity index (χ0n) is 19.6. The molecule has 34 heavy (non-hydrogen) atoms. The van der Waals surface area contributed by atoms with Gasteiger partial charge in [0.25, 0.3) is 5.91 Å². The molecule has 0 radical (unpaired) electrons. The van der Waals surface area contributed by atoms with Crippen LogP contribution < -0.4 is 19.0 Å². The lowest BCUT2D eigenvalue weighted by Gasteiger charge is -2.16. The van der Waals surface area contributed by atoms with Crippen molar-refractivity contribution < 1.29 is 28.5 Å². The Balaban J connectivity index is 2.13. The van der Waals surface area contributed by atoms with Crippen molar-refractivity contribution in [3.05, 3.63) is 45.2 Å². The van der Waals surface area contributed by atoms with Crippen molar-refractivity contribution in [1.82, 2.24) is 4.57 Å². The summed E-state index contributed by atoms with van der Waals surface area (Å²) in [6.45, 7) is 8.73. The number of hydrogen-bond donors (Lipinski definition) is 0. The Bertz CT molecular complexity index is 1220. The summed E-state index contributed by atoms with van der Waals surface area (Å²) >= 11 is 4.77. The number of benzene rings is 2. The van der Waals surface area contributed by atoms with Crippen LogP contribution in [0.3, 0.4) is 0 Å². The molecule has 0 atom stereocenters. The van der Waals surface area contributed by atoms with Crippen molar-refractivity contribution in [2.45, 2.75) is 34.2 Å². The minimum atomic E-state index is -0.492. The number of thiazole rings is 1. The fraction of sp³-hybridized carbons (Fsp3) is 0.375. The second-order valence-corrected chi connectivity index (χ2v) is 8.83. The molecule has 0 saturated heterocycles. The van der Waals surface area contributed by atoms with Crippen LogP contribution >= 0.6 is 27.3 Å². The topological polar surface area (TPSA) is 88.4 Å². The van der Waals surface area contributed by atoms with Gasteiger partial charge in [-0.25, -0.2) is 0 Å². The molecular weight excluding hydrogens is 524 g/mol. The van der Waals surface area contributed by atoms with E-state index >= 15 is 0 Å². The molecule has 0 bridgehead atoms. The number of aromatic nitrogens is 1. The highest BCUT2D eigenvalue weighted by Gasteiger charge is 2.19. The van der Waals surface area contributed by atoms with Gasteiger partial charge in [-0.2, -0.15) is 4.99 Å². The minimum absolute atomic E-state index is 0.0563. The monoisotopic (exact) mass is 550 g/mol. The van der Waals surface area contributed by atoms with Crippen molar-refractivity contribution in [3.8, 4) is 17.2 Å². The van der Waals surface area contributed by atoms with E-state index in [0.717, 1.165) is 14.7 Å². The van der Waals surface area contributed by atoms with Crippen molar-refractivity contribution in [2.75, 3.05) is 26.4 Å². The van der Waals surface area contributed by atoms with E-state index in [1.807, 2.05) is 39.0 Å². The van der Waals surface area contributed by atoms with Gasteiger partial charge in [0, 0.05) is 10.0 Å². The van der Waals surface area contributed by atoms with Gasteiger partial charge >= 0.3 is 5.97 Å². The van der Waals surface area contributed by atoms with Crippen molar-refractivity contribution in [2.24, 2.45) is 4.99 Å². The number of nitrogens with zero attached hydrogens (tertiary/aromatic N) is 2. The Morgan fingerprint density at radius 3 is 2.18 bits per heavy atom. The first kappa shape index (κ1) is 25.8. The van der Waals surface area contributed by atoms with E-state index < -0.39 is 11.9 Å². The summed E-state index contributed by atoms with van der Waals surface area (Å²) in [6.07, 6.45) is 0. The SMILES string of the molecule is CCOC(=O)Cn1c(=NC(=O)c2cc(OCC)c(OCC)c(OCC)c2)sc2cc(Br)ccc21. The highest BCUT2D eigenvalue weighted by atomic mass is 79.9. The molecule has 3 rings (SSSR count). The molecule has 182 valence electrons. The van der Waals surface area contributed by atoms with Gasteiger partial charge in [-0.05, 0) is 58.0 Å². The van der Waals surface area contributed by atoms with E-state index in [-0.39, 0.29) is 18.7 Å². The Kier molecular flexibility index (Phi) is 9.12. The van der Waals surface area contributed by atoms with Crippen LogP contribution in [0.5, 0.6) is 17.2 Å². The van der Waals surface area contributed by atoms with Gasteiger partial charge in [0.05, 0.1) is 36.6 Å². The zero-order valence-corrected chi connectivity index (χ0v) is 22.0. The number of ether oxygens (including phenoxy) is 4. The van der Waals surface area contributed by atoms with Gasteiger partial charge in [-0.1, -0.05) is 27.3 Å². The Morgan fingerprint density at radius 1 is 0.941 bits per heavy atom. The predicted octanol–water partition coefficient (Wildman–Crippen LogP) is 4.97. The van der Waals surface area contributed by atoms with Crippen LogP contribution in [-0.4, -0.2) is 42.9 Å². The Labute approximate surface area is 210 Å². The standard InChI is InChI=1S/C24H27BrN2O6S/c1-5-30-18-11-15(12-19(31-6-2)22(18)33-8-4)23(29)26-24-27(14-21(28)32-7-3)17-10-9-16(25)13-20(17)34-24/h9-13H,5-8,14H2,1-4H3. The number of hydrogen-bond acceptors (Lipinski definition) is 7. The third-order valence-corrected chi connectivity index (χ3v) is 6.13. The van der Waals surface area contributed by atoms with E-state index in [1.165, 1.54) is 11.3 Å². The van der Waals surface area contributed by atoms with Gasteiger partial charge < -0.3 is 23.5 Å². The fourth-order valence-corrected chi connectivity index (χ4v) is 4.86. The van der Waals surface area contributed by atoms with E-state index in [2.05, 4.69) is 20.9 Å². The lowest BCUT2D eigenvalue weighted by Crippen LogP contribution is -2.23. The molecule has 1 amide bonds. The first-order chi connectivity index (χ1) is 16.4. The number of rotatable bonds is 10. The van der Waals surface area contributed by atoms with Gasteiger partial charge in [0.2, 0.25) is 5.75 Å². The summed E-state index contributed by atoms with van der Waals surface area (Å²) in [5, 5.41) is 0. The Morgan fingerprint density at radius 2 is 1.59 bits per heavy atom. The highest BCUT2D eigenvalue weighted by Crippen LogP contribution is 2.39. The third-order valence-electron chi connectivity index (χ3n) is 4.59. The predicted molar refractivity (Wildman–Crippen MR) is 134 cm³/mol. The number of carbonyl (C=O) groups is 2. The Hall–Kier alpha value is -2.85. The first-order valence-corrected chi connectivity index (χ1v) is 12.6. The van der Waals surface area contributed by atoms with Crippen LogP contribution in [0, 0.1) is 0 Å². The quantitative estimate of drug-likeness (QED) is 0.331. The van der Waals surface area contributed by atoms with E-state index in [4.69, 9.17) is 18.9 Å². The van der Waals surface area contributed by atoms with Gasteiger partial charge in [0.1, 0.15) is 6.54 Å². The van der Waals surface area contributed by atoms with Crippen LogP contribution in [0.15, 0.2) is 39.8 Å². The van der Waals surface area contributed by atoms with Crippen LogP contribution in [0.4, 0.5) is 0 Å². The molecule has 0 fully saturated rings. The largest absolute Gasteiger partial charge is 0.490 e. The summed E-state index contributed by atoms with van der Waals surface area (Å²) in [5.74, 6) is 0.374. The molecule has 0 N–H and O–H groups in total. The average molecular weight is 551 g/mol. The maximum Gasteiger partial charge on any atom is 0.326 e. The van der Waals surface area contributed by atoms with E-state index in [1.54, 1.807) is 23.6 Å². The number of halogens is 1. The number of amides is 1. The molecule has 3 aromatic rings. The molecule has 8 nitrogen and oxygen atoms in total. The van der Waals surface area contributed by atoms with Crippen molar-refractivity contribution in [3.63, 3.8) is 0 Å². The molecule has 10 heteroatoms. The zero-order chi connectivity index (χ0) is 24.7. The lowest BCUT2D eigenvalue weighted by atomic mass is 10.1. The average Bonchev–Trinajstić information content (AvgIpc) is 3.11. The van der Waals surface area contributed by atoms with Crippen LogP contribution in [-0.2, 0) is 16.1 Å². The minimum Gasteiger partial charge on any atom is -0.490 e. The van der Waals surface area contributed by atoms with E-state index in [9.17, 15) is 9.59 Å². The molecule has 0 unspecified atom stereocenters. The summed E-state index contributed by atoms with van der Waals surface area (Å²) in [6, 6.07) is 8.86. The molecule has 0 aliphatic heterocycles. The molecule has 2 aromatic carbocycles. The number of carbonyl (C=O) groups excluding carboxylic acids is 2. The first-order valence-electron chi connectivity index (χ1n) is 11.0. The van der Waals surface area contributed by atoms with Gasteiger partial charge in [-0.3, -0.25) is 9.59 Å². The molecule has 1 heterocycles. The lowest BCUT2D eigenvalue weighted by molar-refractivity contribution is -0.143. The summed E-state index contributed by atoms with van der Waals surface area (Å²) in [7, 11) is 0. The van der Waals surface area contributed by atoms with E-state index in [0.29, 0.717) is 41.9 Å². The summed E-state index contributed by atoms with van der Waals surface area (Å²) < 4.78 is 25.7. The molecule has 0 aliphatic carbocycles. The van der Waals surface area contributed by atoms with Crippen molar-refractivity contribution in [1.29, 1.82) is 0 Å². The third kappa shape index (κ3) is 5.98. The normalized spacial score (nSPS) is 11.5. The van der Waals surface area contributed by atoms with Gasteiger partial charge in [-0.15, -0.1) is 0 Å². The molecule has 0 spiro atoms. The smallest absolute Gasteiger partial charge is 0.326 e. The maximum atomic E-state index is 13.3. The molecule has 0 aliphatic rings. The second-order valence-electron chi connectivity index (χ2n) is 6.91. The fourth-order valence-electron chi connectivity index (χ4n) is 3.28.